The Labute approximate surface area is 116 Å². The highest BCUT2D eigenvalue weighted by molar-refractivity contribution is 7.92. The van der Waals surface area contributed by atoms with Crippen LogP contribution in [0.2, 0.25) is 0 Å². The number of benzene rings is 1. The van der Waals surface area contributed by atoms with E-state index in [0.717, 1.165) is 11.1 Å². The number of aryl methyl sites for hydroxylation is 2. The van der Waals surface area contributed by atoms with Gasteiger partial charge in [-0.1, -0.05) is 6.07 Å². The van der Waals surface area contributed by atoms with Gasteiger partial charge >= 0.3 is 0 Å². The molecule has 0 aliphatic heterocycles. The zero-order valence-electron chi connectivity index (χ0n) is 10.7. The molecule has 6 heteroatoms. The van der Waals surface area contributed by atoms with E-state index < -0.39 is 10.0 Å². The Kier molecular flexibility index (Phi) is 3.93. The first-order valence-corrected chi connectivity index (χ1v) is 8.06. The quantitative estimate of drug-likeness (QED) is 0.911. The van der Waals surface area contributed by atoms with Crippen molar-refractivity contribution in [2.45, 2.75) is 25.3 Å². The lowest BCUT2D eigenvalue weighted by Gasteiger charge is -2.08. The molecule has 19 heavy (non-hydrogen) atoms. The average Bonchev–Trinajstić information content (AvgIpc) is 2.75. The van der Waals surface area contributed by atoms with E-state index in [0.29, 0.717) is 10.6 Å². The number of hydrogen-bond donors (Lipinski definition) is 2. The van der Waals surface area contributed by atoms with E-state index in [9.17, 15) is 8.42 Å². The molecule has 1 heterocycles. The molecule has 0 saturated heterocycles. The van der Waals surface area contributed by atoms with Crippen LogP contribution in [0.4, 0.5) is 5.69 Å². The highest BCUT2D eigenvalue weighted by atomic mass is 32.2. The van der Waals surface area contributed by atoms with Crippen molar-refractivity contribution in [3.8, 4) is 0 Å². The molecule has 0 amide bonds. The standard InChI is InChI=1S/C13H15NO3S2/c1-9-3-10(2)5-11(4-9)14-19(16,17)13-6-12(7-15)18-8-13/h3-6,8,14-15H,7H2,1-2H3. The van der Waals surface area contributed by atoms with Gasteiger partial charge < -0.3 is 5.11 Å². The maximum absolute atomic E-state index is 12.2. The van der Waals surface area contributed by atoms with Gasteiger partial charge in [0, 0.05) is 15.9 Å². The molecular weight excluding hydrogens is 282 g/mol. The lowest BCUT2D eigenvalue weighted by molar-refractivity contribution is 0.285. The van der Waals surface area contributed by atoms with E-state index in [1.54, 1.807) is 12.1 Å². The highest BCUT2D eigenvalue weighted by Crippen LogP contribution is 2.23. The molecule has 1 aromatic heterocycles. The summed E-state index contributed by atoms with van der Waals surface area (Å²) in [7, 11) is -3.59. The van der Waals surface area contributed by atoms with E-state index in [-0.39, 0.29) is 11.5 Å². The Morgan fingerprint density at radius 3 is 2.32 bits per heavy atom. The van der Waals surface area contributed by atoms with Crippen LogP contribution >= 0.6 is 11.3 Å². The fourth-order valence-corrected chi connectivity index (χ4v) is 4.01. The van der Waals surface area contributed by atoms with Gasteiger partial charge in [-0.25, -0.2) is 8.42 Å². The number of sulfonamides is 1. The molecule has 2 rings (SSSR count). The number of aliphatic hydroxyl groups is 1. The summed E-state index contributed by atoms with van der Waals surface area (Å²) in [4.78, 5) is 0.807. The predicted octanol–water partition coefficient (Wildman–Crippen LogP) is 2.66. The molecule has 0 aliphatic rings. The third kappa shape index (κ3) is 3.34. The van der Waals surface area contributed by atoms with Crippen LogP contribution in [-0.2, 0) is 16.6 Å². The topological polar surface area (TPSA) is 66.4 Å². The van der Waals surface area contributed by atoms with E-state index in [2.05, 4.69) is 4.72 Å². The van der Waals surface area contributed by atoms with E-state index in [1.807, 2.05) is 19.9 Å². The summed E-state index contributed by atoms with van der Waals surface area (Å²) in [5, 5.41) is 10.5. The monoisotopic (exact) mass is 297 g/mol. The smallest absolute Gasteiger partial charge is 0.262 e. The first-order valence-electron chi connectivity index (χ1n) is 5.70. The van der Waals surface area contributed by atoms with Gasteiger partial charge in [-0.05, 0) is 43.2 Å². The summed E-state index contributed by atoms with van der Waals surface area (Å²) >= 11 is 1.22. The van der Waals surface area contributed by atoms with Crippen LogP contribution in [0.15, 0.2) is 34.5 Å². The normalized spacial score (nSPS) is 11.5. The summed E-state index contributed by atoms with van der Waals surface area (Å²) in [5.74, 6) is 0. The second-order valence-electron chi connectivity index (χ2n) is 4.39. The molecule has 4 nitrogen and oxygen atoms in total. The molecule has 0 bridgehead atoms. The molecule has 2 N–H and O–H groups in total. The van der Waals surface area contributed by atoms with Crippen LogP contribution in [0.3, 0.4) is 0 Å². The number of thiophene rings is 1. The second-order valence-corrected chi connectivity index (χ2v) is 7.07. The third-order valence-electron chi connectivity index (χ3n) is 2.57. The number of aliphatic hydroxyl groups excluding tert-OH is 1. The number of nitrogens with one attached hydrogen (secondary N) is 1. The van der Waals surface area contributed by atoms with Crippen LogP contribution in [0.1, 0.15) is 16.0 Å². The van der Waals surface area contributed by atoms with Gasteiger partial charge in [0.1, 0.15) is 0 Å². The summed E-state index contributed by atoms with van der Waals surface area (Å²) in [5.41, 5.74) is 2.55. The van der Waals surface area contributed by atoms with Gasteiger partial charge in [0.15, 0.2) is 0 Å². The first-order chi connectivity index (χ1) is 8.90. The zero-order valence-corrected chi connectivity index (χ0v) is 12.3. The van der Waals surface area contributed by atoms with Crippen LogP contribution in [0.25, 0.3) is 0 Å². The van der Waals surface area contributed by atoms with Gasteiger partial charge in [-0.2, -0.15) is 0 Å². The maximum atomic E-state index is 12.2. The Hall–Kier alpha value is -1.37. The van der Waals surface area contributed by atoms with E-state index >= 15 is 0 Å². The maximum Gasteiger partial charge on any atom is 0.262 e. The Morgan fingerprint density at radius 1 is 1.16 bits per heavy atom. The first kappa shape index (κ1) is 14.0. The number of anilines is 1. The van der Waals surface area contributed by atoms with Crippen molar-refractivity contribution in [2.75, 3.05) is 4.72 Å². The highest BCUT2D eigenvalue weighted by Gasteiger charge is 2.16. The molecular formula is C13H15NO3S2. The van der Waals surface area contributed by atoms with Crippen molar-refractivity contribution in [1.82, 2.24) is 0 Å². The molecule has 0 aliphatic carbocycles. The molecule has 0 unspecified atom stereocenters. The lowest BCUT2D eigenvalue weighted by Crippen LogP contribution is -2.12. The largest absolute Gasteiger partial charge is 0.391 e. The van der Waals surface area contributed by atoms with Crippen molar-refractivity contribution in [2.24, 2.45) is 0 Å². The molecule has 0 spiro atoms. The summed E-state index contributed by atoms with van der Waals surface area (Å²) < 4.78 is 26.9. The van der Waals surface area contributed by atoms with Gasteiger partial charge in [0.2, 0.25) is 0 Å². The molecule has 0 fully saturated rings. The van der Waals surface area contributed by atoms with Crippen LogP contribution in [0.5, 0.6) is 0 Å². The number of rotatable bonds is 4. The minimum atomic E-state index is -3.59. The van der Waals surface area contributed by atoms with E-state index in [1.165, 1.54) is 22.8 Å². The molecule has 0 atom stereocenters. The minimum Gasteiger partial charge on any atom is -0.391 e. The lowest BCUT2D eigenvalue weighted by atomic mass is 10.1. The fraction of sp³-hybridized carbons (Fsp3) is 0.231. The van der Waals surface area contributed by atoms with Gasteiger partial charge in [0.05, 0.1) is 11.5 Å². The van der Waals surface area contributed by atoms with Crippen molar-refractivity contribution in [3.05, 3.63) is 45.6 Å². The minimum absolute atomic E-state index is 0.149. The summed E-state index contributed by atoms with van der Waals surface area (Å²) in [6.45, 7) is 3.68. The Bertz CT molecular complexity index is 669. The van der Waals surface area contributed by atoms with Crippen LogP contribution in [-0.4, -0.2) is 13.5 Å². The van der Waals surface area contributed by atoms with Gasteiger partial charge in [-0.3, -0.25) is 4.72 Å². The Morgan fingerprint density at radius 2 is 1.79 bits per heavy atom. The van der Waals surface area contributed by atoms with Gasteiger partial charge in [-0.15, -0.1) is 11.3 Å². The summed E-state index contributed by atoms with van der Waals surface area (Å²) in [6.07, 6.45) is 0. The molecule has 1 aromatic carbocycles. The van der Waals surface area contributed by atoms with Gasteiger partial charge in [0.25, 0.3) is 10.0 Å². The van der Waals surface area contributed by atoms with Crippen molar-refractivity contribution in [1.29, 1.82) is 0 Å². The summed E-state index contributed by atoms with van der Waals surface area (Å²) in [6, 6.07) is 7.02. The predicted molar refractivity (Wildman–Crippen MR) is 77.0 cm³/mol. The Balaban J connectivity index is 2.30. The third-order valence-corrected chi connectivity index (χ3v) is 5.00. The van der Waals surface area contributed by atoms with Crippen molar-refractivity contribution in [3.63, 3.8) is 0 Å². The number of hydrogen-bond acceptors (Lipinski definition) is 4. The molecule has 0 saturated carbocycles. The van der Waals surface area contributed by atoms with E-state index in [4.69, 9.17) is 5.11 Å². The molecule has 0 radical (unpaired) electrons. The van der Waals surface area contributed by atoms with Crippen LogP contribution < -0.4 is 4.72 Å². The fourth-order valence-electron chi connectivity index (χ4n) is 1.83. The van der Waals surface area contributed by atoms with Crippen molar-refractivity contribution < 1.29 is 13.5 Å². The zero-order chi connectivity index (χ0) is 14.0. The second kappa shape index (κ2) is 5.32. The van der Waals surface area contributed by atoms with Crippen LogP contribution in [0, 0.1) is 13.8 Å². The molecule has 102 valence electrons. The molecule has 2 aromatic rings. The van der Waals surface area contributed by atoms with Crippen molar-refractivity contribution >= 4 is 27.0 Å². The average molecular weight is 297 g/mol. The SMILES string of the molecule is Cc1cc(C)cc(NS(=O)(=O)c2csc(CO)c2)c1.